The molecule has 1 aliphatic heterocycles. The van der Waals surface area contributed by atoms with E-state index in [0.717, 1.165) is 0 Å². The maximum Gasteiger partial charge on any atom is 0.303 e. The smallest absolute Gasteiger partial charge is 0.303 e. The van der Waals surface area contributed by atoms with E-state index in [1.54, 1.807) is 36.1 Å². The molecule has 1 fully saturated rings. The van der Waals surface area contributed by atoms with Gasteiger partial charge >= 0.3 is 5.97 Å². The molecule has 2 N–H and O–H groups in total. The molecule has 0 aromatic heterocycles. The number of carbonyl (C=O) groups is 3. The lowest BCUT2D eigenvalue weighted by Crippen LogP contribution is -2.56. The third-order valence-corrected chi connectivity index (χ3v) is 3.49. The number of benzene rings is 1. The molecule has 1 atom stereocenters. The molecular weight excluding hydrogens is 272 g/mol. The van der Waals surface area contributed by atoms with Crippen LogP contribution in [-0.2, 0) is 9.59 Å². The van der Waals surface area contributed by atoms with Crippen LogP contribution in [0.1, 0.15) is 23.7 Å². The van der Waals surface area contributed by atoms with E-state index in [-0.39, 0.29) is 24.2 Å². The Hall–Kier alpha value is -2.37. The molecule has 0 spiro atoms. The van der Waals surface area contributed by atoms with E-state index >= 15 is 0 Å². The highest BCUT2D eigenvalue weighted by atomic mass is 16.4. The van der Waals surface area contributed by atoms with Crippen molar-refractivity contribution in [2.75, 3.05) is 13.1 Å². The van der Waals surface area contributed by atoms with E-state index in [2.05, 4.69) is 5.32 Å². The highest BCUT2D eigenvalue weighted by molar-refractivity contribution is 5.97. The van der Waals surface area contributed by atoms with Gasteiger partial charge in [-0.25, -0.2) is 0 Å². The van der Waals surface area contributed by atoms with Crippen LogP contribution in [0, 0.1) is 5.92 Å². The van der Waals surface area contributed by atoms with Crippen LogP contribution in [0.15, 0.2) is 30.3 Å². The second-order valence-electron chi connectivity index (χ2n) is 5.27. The predicted molar refractivity (Wildman–Crippen MR) is 75.7 cm³/mol. The Bertz CT molecular complexity index is 538. The van der Waals surface area contributed by atoms with Crippen LogP contribution in [0.25, 0.3) is 0 Å². The number of rotatable bonds is 5. The molecule has 6 nitrogen and oxygen atoms in total. The molecule has 0 bridgehead atoms. The van der Waals surface area contributed by atoms with Crippen molar-refractivity contribution in [3.05, 3.63) is 35.9 Å². The molecule has 1 heterocycles. The summed E-state index contributed by atoms with van der Waals surface area (Å²) in [5, 5.41) is 11.3. The van der Waals surface area contributed by atoms with Crippen LogP contribution in [0.5, 0.6) is 0 Å². The molecule has 112 valence electrons. The van der Waals surface area contributed by atoms with E-state index in [4.69, 9.17) is 5.11 Å². The molecule has 1 aromatic rings. The second-order valence-corrected chi connectivity index (χ2v) is 5.27. The first-order chi connectivity index (χ1) is 9.97. The zero-order valence-corrected chi connectivity index (χ0v) is 11.8. The predicted octanol–water partition coefficient (Wildman–Crippen LogP) is 0.738. The van der Waals surface area contributed by atoms with Crippen molar-refractivity contribution in [1.82, 2.24) is 10.2 Å². The summed E-state index contributed by atoms with van der Waals surface area (Å²) in [5.41, 5.74) is 0.504. The monoisotopic (exact) mass is 290 g/mol. The average Bonchev–Trinajstić information content (AvgIpc) is 2.42. The molecular formula is C15H18N2O4. The third kappa shape index (κ3) is 3.81. The minimum absolute atomic E-state index is 0.0171. The second kappa shape index (κ2) is 6.39. The number of nitrogens with zero attached hydrogens (tertiary/aromatic N) is 1. The topological polar surface area (TPSA) is 86.7 Å². The first-order valence-corrected chi connectivity index (χ1v) is 6.84. The van der Waals surface area contributed by atoms with Gasteiger partial charge < -0.3 is 15.3 Å². The van der Waals surface area contributed by atoms with Gasteiger partial charge in [0, 0.05) is 24.6 Å². The number of amides is 2. The maximum atomic E-state index is 12.1. The Morgan fingerprint density at radius 3 is 2.48 bits per heavy atom. The largest absolute Gasteiger partial charge is 0.481 e. The Kier molecular flexibility index (Phi) is 4.57. The van der Waals surface area contributed by atoms with E-state index in [1.165, 1.54) is 0 Å². The van der Waals surface area contributed by atoms with Gasteiger partial charge in [-0.2, -0.15) is 0 Å². The number of likely N-dealkylation sites (tertiary alicyclic amines) is 1. The molecule has 0 radical (unpaired) electrons. The molecule has 0 aliphatic carbocycles. The standard InChI is InChI=1S/C15H18N2O4/c1-10(16-14(20)12-5-3-2-4-6-12)15(21)17-8-11(9-17)7-13(18)19/h2-6,10-11H,7-9H2,1H3,(H,16,20)(H,18,19). The Morgan fingerprint density at radius 1 is 1.29 bits per heavy atom. The van der Waals surface area contributed by atoms with Crippen LogP contribution in [-0.4, -0.2) is 46.9 Å². The fraction of sp³-hybridized carbons (Fsp3) is 0.400. The van der Waals surface area contributed by atoms with Gasteiger partial charge in [0.15, 0.2) is 0 Å². The zero-order chi connectivity index (χ0) is 15.4. The Balaban J connectivity index is 1.81. The summed E-state index contributed by atoms with van der Waals surface area (Å²) in [4.78, 5) is 36.2. The summed E-state index contributed by atoms with van der Waals surface area (Å²) in [6.07, 6.45) is 0.0779. The Morgan fingerprint density at radius 2 is 1.90 bits per heavy atom. The number of hydrogen-bond donors (Lipinski definition) is 2. The number of carboxylic acid groups (broad SMARTS) is 1. The Labute approximate surface area is 122 Å². The molecule has 1 aromatic carbocycles. The van der Waals surface area contributed by atoms with Crippen LogP contribution in [0.4, 0.5) is 0 Å². The van der Waals surface area contributed by atoms with Crippen LogP contribution in [0.2, 0.25) is 0 Å². The third-order valence-electron chi connectivity index (χ3n) is 3.49. The fourth-order valence-electron chi connectivity index (χ4n) is 2.33. The zero-order valence-electron chi connectivity index (χ0n) is 11.8. The first kappa shape index (κ1) is 15.0. The van der Waals surface area contributed by atoms with Gasteiger partial charge in [-0.05, 0) is 19.1 Å². The molecule has 1 saturated heterocycles. The number of carbonyl (C=O) groups excluding carboxylic acids is 2. The molecule has 6 heteroatoms. The van der Waals surface area contributed by atoms with E-state index in [0.29, 0.717) is 18.7 Å². The molecule has 21 heavy (non-hydrogen) atoms. The van der Waals surface area contributed by atoms with Gasteiger partial charge in [0.25, 0.3) is 5.91 Å². The normalized spacial score (nSPS) is 16.0. The lowest BCUT2D eigenvalue weighted by Gasteiger charge is -2.40. The van der Waals surface area contributed by atoms with Crippen LogP contribution < -0.4 is 5.32 Å². The van der Waals surface area contributed by atoms with Gasteiger partial charge in [0.05, 0.1) is 6.42 Å². The van der Waals surface area contributed by atoms with Gasteiger partial charge in [0.1, 0.15) is 6.04 Å². The van der Waals surface area contributed by atoms with Crippen molar-refractivity contribution in [2.45, 2.75) is 19.4 Å². The van der Waals surface area contributed by atoms with Crippen LogP contribution >= 0.6 is 0 Å². The molecule has 2 amide bonds. The molecule has 1 unspecified atom stereocenters. The van der Waals surface area contributed by atoms with Crippen molar-refractivity contribution >= 4 is 17.8 Å². The first-order valence-electron chi connectivity index (χ1n) is 6.84. The molecule has 2 rings (SSSR count). The van der Waals surface area contributed by atoms with Crippen molar-refractivity contribution in [3.8, 4) is 0 Å². The van der Waals surface area contributed by atoms with Gasteiger partial charge in [0.2, 0.25) is 5.91 Å². The van der Waals surface area contributed by atoms with E-state index in [1.807, 2.05) is 6.07 Å². The fourth-order valence-corrected chi connectivity index (χ4v) is 2.33. The lowest BCUT2D eigenvalue weighted by molar-refractivity contribution is -0.145. The summed E-state index contributed by atoms with van der Waals surface area (Å²) in [6.45, 7) is 2.51. The highest BCUT2D eigenvalue weighted by Crippen LogP contribution is 2.19. The van der Waals surface area contributed by atoms with Crippen LogP contribution in [0.3, 0.4) is 0 Å². The van der Waals surface area contributed by atoms with Crippen molar-refractivity contribution in [3.63, 3.8) is 0 Å². The summed E-state index contributed by atoms with van der Waals surface area (Å²) >= 11 is 0. The average molecular weight is 290 g/mol. The summed E-state index contributed by atoms with van der Waals surface area (Å²) in [5.74, 6) is -1.30. The number of nitrogens with one attached hydrogen (secondary N) is 1. The van der Waals surface area contributed by atoms with Gasteiger partial charge in [-0.1, -0.05) is 18.2 Å². The quantitative estimate of drug-likeness (QED) is 0.837. The number of hydrogen-bond acceptors (Lipinski definition) is 3. The van der Waals surface area contributed by atoms with Crippen molar-refractivity contribution in [2.24, 2.45) is 5.92 Å². The summed E-state index contributed by atoms with van der Waals surface area (Å²) in [6, 6.07) is 8.07. The number of aliphatic carboxylic acids is 1. The number of carboxylic acids is 1. The van der Waals surface area contributed by atoms with Gasteiger partial charge in [-0.15, -0.1) is 0 Å². The van der Waals surface area contributed by atoms with Crippen molar-refractivity contribution < 1.29 is 19.5 Å². The van der Waals surface area contributed by atoms with E-state index in [9.17, 15) is 14.4 Å². The van der Waals surface area contributed by atoms with E-state index < -0.39 is 12.0 Å². The SMILES string of the molecule is CC(NC(=O)c1ccccc1)C(=O)N1CC(CC(=O)O)C1. The highest BCUT2D eigenvalue weighted by Gasteiger charge is 2.34. The lowest BCUT2D eigenvalue weighted by atomic mass is 9.95. The summed E-state index contributed by atoms with van der Waals surface area (Å²) < 4.78 is 0. The minimum atomic E-state index is -0.850. The maximum absolute atomic E-state index is 12.1. The minimum Gasteiger partial charge on any atom is -0.481 e. The summed E-state index contributed by atoms with van der Waals surface area (Å²) in [7, 11) is 0. The molecule has 1 aliphatic rings. The van der Waals surface area contributed by atoms with Gasteiger partial charge in [-0.3, -0.25) is 14.4 Å². The molecule has 0 saturated carbocycles. The van der Waals surface area contributed by atoms with Crippen molar-refractivity contribution in [1.29, 1.82) is 0 Å².